The summed E-state index contributed by atoms with van der Waals surface area (Å²) in [7, 11) is 1.70. The topological polar surface area (TPSA) is 9.23 Å². The van der Waals surface area contributed by atoms with Gasteiger partial charge in [-0.2, -0.15) is 0 Å². The Bertz CT molecular complexity index is 795. The lowest BCUT2D eigenvalue weighted by atomic mass is 10.1. The third-order valence-electron chi connectivity index (χ3n) is 3.46. The molecule has 0 N–H and O–H groups in total. The van der Waals surface area contributed by atoms with Crippen LogP contribution in [0.15, 0.2) is 52.7 Å². The van der Waals surface area contributed by atoms with E-state index in [0.717, 1.165) is 11.5 Å². The van der Waals surface area contributed by atoms with Crippen LogP contribution in [0.25, 0.3) is 10.8 Å². The molecule has 1 heterocycles. The zero-order valence-electron chi connectivity index (χ0n) is 12.4. The van der Waals surface area contributed by atoms with Crippen LogP contribution in [-0.2, 0) is 5.75 Å². The highest BCUT2D eigenvalue weighted by Gasteiger charge is 2.16. The van der Waals surface area contributed by atoms with Crippen LogP contribution in [0.5, 0.6) is 5.75 Å². The van der Waals surface area contributed by atoms with Gasteiger partial charge in [0.1, 0.15) is 5.75 Å². The quantitative estimate of drug-likeness (QED) is 0.265. The number of ether oxygens (including phenoxy) is 1. The largest absolute Gasteiger partial charge is 0.497 e. The van der Waals surface area contributed by atoms with Crippen molar-refractivity contribution in [1.82, 2.24) is 0 Å². The molecular weight excluding hydrogens is 423 g/mol. The molecule has 2 aromatic carbocycles. The van der Waals surface area contributed by atoms with E-state index in [1.807, 2.05) is 35.2 Å². The molecule has 0 aliphatic rings. The molecule has 0 fully saturated rings. The minimum absolute atomic E-state index is 0.909. The molecule has 0 amide bonds. The molecule has 0 aliphatic carbocycles. The van der Waals surface area contributed by atoms with Crippen LogP contribution in [0.3, 0.4) is 0 Å². The Labute approximate surface area is 152 Å². The van der Waals surface area contributed by atoms with E-state index in [-0.39, 0.29) is 0 Å². The number of thioether (sulfide) groups is 1. The summed E-state index contributed by atoms with van der Waals surface area (Å²) < 4.78 is 6.57. The Morgan fingerprint density at radius 3 is 2.64 bits per heavy atom. The van der Waals surface area contributed by atoms with Gasteiger partial charge < -0.3 is 4.74 Å². The van der Waals surface area contributed by atoms with E-state index >= 15 is 0 Å². The van der Waals surface area contributed by atoms with Gasteiger partial charge in [-0.1, -0.05) is 23.8 Å². The normalized spacial score (nSPS) is 10.9. The summed E-state index contributed by atoms with van der Waals surface area (Å²) in [4.78, 5) is 1.39. The lowest BCUT2D eigenvalue weighted by Gasteiger charge is -2.06. The van der Waals surface area contributed by atoms with Crippen LogP contribution < -0.4 is 4.74 Å². The lowest BCUT2D eigenvalue weighted by molar-refractivity contribution is 0.414. The smallest absolute Gasteiger partial charge is 0.280 e. The first-order valence-electron chi connectivity index (χ1n) is 6.94. The van der Waals surface area contributed by atoms with Gasteiger partial charge in [0.05, 0.1) is 12.0 Å². The molecule has 0 atom stereocenters. The molecule has 4 heteroatoms. The van der Waals surface area contributed by atoms with E-state index in [0.29, 0.717) is 0 Å². The summed E-state index contributed by atoms with van der Waals surface area (Å²) in [6.45, 7) is 2.15. The van der Waals surface area contributed by atoms with Crippen LogP contribution in [0.2, 0.25) is 0 Å². The average molecular weight is 439 g/mol. The Kier molecular flexibility index (Phi) is 5.21. The zero-order valence-corrected chi connectivity index (χ0v) is 16.2. The van der Waals surface area contributed by atoms with Crippen molar-refractivity contribution in [1.29, 1.82) is 0 Å². The number of aryl methyl sites for hydroxylation is 1. The molecule has 0 bridgehead atoms. The van der Waals surface area contributed by atoms with Crippen LogP contribution in [0.1, 0.15) is 11.1 Å². The van der Waals surface area contributed by atoms with Crippen molar-refractivity contribution in [3.8, 4) is 5.75 Å². The Hall–Kier alpha value is -0.850. The first-order valence-corrected chi connectivity index (χ1v) is 9.88. The molecule has 1 aromatic heterocycles. The third kappa shape index (κ3) is 3.55. The van der Waals surface area contributed by atoms with E-state index in [4.69, 9.17) is 4.74 Å². The lowest BCUT2D eigenvalue weighted by Crippen LogP contribution is -1.86. The minimum atomic E-state index is 0.909. The molecule has 0 aliphatic heterocycles. The SMILES string of the molecule is COc1ccc(CSc2c(I)[s+]cc3ccc(C)cc23)cc1. The fraction of sp³-hybridized carbons (Fsp3) is 0.167. The molecule has 112 valence electrons. The molecule has 0 spiro atoms. The van der Waals surface area contributed by atoms with E-state index in [9.17, 15) is 0 Å². The van der Waals surface area contributed by atoms with Gasteiger partial charge in [-0.05, 0) is 36.8 Å². The highest BCUT2D eigenvalue weighted by molar-refractivity contribution is 14.1. The fourth-order valence-corrected chi connectivity index (χ4v) is 5.32. The predicted molar refractivity (Wildman–Crippen MR) is 106 cm³/mol. The first-order chi connectivity index (χ1) is 10.7. The molecule has 0 radical (unpaired) electrons. The standard InChI is InChI=1S/C18H16IOS2/c1-12-3-6-14-11-22-18(19)17(16(14)9-12)21-10-13-4-7-15(20-2)8-5-13/h3-9,11H,10H2,1-2H3/q+1. The Balaban J connectivity index is 1.89. The highest BCUT2D eigenvalue weighted by atomic mass is 127. The third-order valence-corrected chi connectivity index (χ3v) is 7.23. The second-order valence-electron chi connectivity index (χ2n) is 5.07. The second kappa shape index (κ2) is 7.15. The maximum absolute atomic E-state index is 5.22. The number of fused-ring (bicyclic) bond motifs is 1. The Morgan fingerprint density at radius 2 is 1.91 bits per heavy atom. The van der Waals surface area contributed by atoms with Crippen LogP contribution in [0, 0.1) is 9.81 Å². The van der Waals surface area contributed by atoms with E-state index < -0.39 is 0 Å². The van der Waals surface area contributed by atoms with E-state index in [2.05, 4.69) is 65.2 Å². The minimum Gasteiger partial charge on any atom is -0.497 e. The van der Waals surface area contributed by atoms with Crippen molar-refractivity contribution in [3.05, 3.63) is 61.9 Å². The van der Waals surface area contributed by atoms with Crippen molar-refractivity contribution >= 4 is 56.5 Å². The summed E-state index contributed by atoms with van der Waals surface area (Å²) in [5, 5.41) is 4.93. The van der Waals surface area contributed by atoms with Gasteiger partial charge >= 0.3 is 0 Å². The van der Waals surface area contributed by atoms with Gasteiger partial charge in [-0.25, -0.2) is 0 Å². The van der Waals surface area contributed by atoms with E-state index in [1.165, 1.54) is 29.7 Å². The van der Waals surface area contributed by atoms with Crippen molar-refractivity contribution in [2.24, 2.45) is 0 Å². The predicted octanol–water partition coefficient (Wildman–Crippen LogP) is 6.40. The van der Waals surface area contributed by atoms with Crippen molar-refractivity contribution in [2.75, 3.05) is 7.11 Å². The van der Waals surface area contributed by atoms with Crippen molar-refractivity contribution < 1.29 is 4.74 Å². The maximum atomic E-state index is 5.22. The molecule has 0 saturated heterocycles. The fourth-order valence-electron chi connectivity index (χ4n) is 2.26. The number of halogens is 1. The van der Waals surface area contributed by atoms with Gasteiger partial charge in [-0.15, -0.1) is 11.8 Å². The number of benzene rings is 2. The maximum Gasteiger partial charge on any atom is 0.280 e. The zero-order chi connectivity index (χ0) is 15.5. The summed E-state index contributed by atoms with van der Waals surface area (Å²) in [5.41, 5.74) is 2.63. The molecule has 0 unspecified atom stereocenters. The molecule has 1 nitrogen and oxygen atoms in total. The van der Waals surface area contributed by atoms with Gasteiger partial charge in [0.2, 0.25) is 16.7 Å². The summed E-state index contributed by atoms with van der Waals surface area (Å²) in [5.74, 6) is 1.88. The molecule has 22 heavy (non-hydrogen) atoms. The monoisotopic (exact) mass is 439 g/mol. The first kappa shape index (κ1) is 16.0. The van der Waals surface area contributed by atoms with Gasteiger partial charge in [0, 0.05) is 39.1 Å². The average Bonchev–Trinajstić information content (AvgIpc) is 2.54. The van der Waals surface area contributed by atoms with Crippen molar-refractivity contribution in [2.45, 2.75) is 17.6 Å². The highest BCUT2D eigenvalue weighted by Crippen LogP contribution is 2.37. The van der Waals surface area contributed by atoms with Gasteiger partial charge in [-0.3, -0.25) is 0 Å². The second-order valence-corrected chi connectivity index (χ2v) is 8.74. The molecule has 0 saturated carbocycles. The number of methoxy groups -OCH3 is 1. The van der Waals surface area contributed by atoms with Gasteiger partial charge in [0.25, 0.3) is 2.88 Å². The Morgan fingerprint density at radius 1 is 1.14 bits per heavy atom. The summed E-state index contributed by atoms with van der Waals surface area (Å²) in [6, 6.07) is 15.0. The molecule has 3 aromatic rings. The summed E-state index contributed by atoms with van der Waals surface area (Å²) in [6.07, 6.45) is 0. The van der Waals surface area contributed by atoms with Gasteiger partial charge in [0.15, 0.2) is 0 Å². The molecular formula is C18H16IOS2+. The number of hydrogen-bond acceptors (Lipinski definition) is 2. The molecule has 3 rings (SSSR count). The van der Waals surface area contributed by atoms with Crippen LogP contribution >= 0.6 is 45.7 Å². The summed E-state index contributed by atoms with van der Waals surface area (Å²) >= 11 is 6.18. The van der Waals surface area contributed by atoms with Crippen LogP contribution in [-0.4, -0.2) is 7.11 Å². The number of hydrogen-bond donors (Lipinski definition) is 0. The van der Waals surface area contributed by atoms with Crippen LogP contribution in [0.4, 0.5) is 0 Å². The van der Waals surface area contributed by atoms with Crippen molar-refractivity contribution in [3.63, 3.8) is 0 Å². The number of rotatable bonds is 4. The van der Waals surface area contributed by atoms with E-state index in [1.54, 1.807) is 7.11 Å².